The average Bonchev–Trinajstić information content (AvgIpc) is 3.23. The fourth-order valence-corrected chi connectivity index (χ4v) is 3.74. The number of hydrogen-bond donors (Lipinski definition) is 1. The van der Waals surface area contributed by atoms with Gasteiger partial charge in [-0.15, -0.1) is 0 Å². The van der Waals surface area contributed by atoms with E-state index in [0.717, 1.165) is 41.3 Å². The van der Waals surface area contributed by atoms with Gasteiger partial charge in [-0.2, -0.15) is 0 Å². The number of carbonyl (C=O) groups excluding carboxylic acids is 1. The van der Waals surface area contributed by atoms with E-state index in [1.54, 1.807) is 7.11 Å². The average molecular weight is 460 g/mol. The van der Waals surface area contributed by atoms with E-state index in [4.69, 9.17) is 19.2 Å². The number of fused-ring (bicyclic) bond motifs is 1. The maximum atomic E-state index is 12.2. The van der Waals surface area contributed by atoms with Gasteiger partial charge in [0.1, 0.15) is 11.6 Å². The van der Waals surface area contributed by atoms with Crippen molar-refractivity contribution in [3.8, 4) is 17.2 Å². The van der Waals surface area contributed by atoms with Gasteiger partial charge in [0.05, 0.1) is 24.8 Å². The summed E-state index contributed by atoms with van der Waals surface area (Å²) in [4.78, 5) is 17.0. The molecule has 4 rings (SSSR count). The van der Waals surface area contributed by atoms with E-state index in [0.29, 0.717) is 25.3 Å². The normalized spacial score (nSPS) is 10.7. The van der Waals surface area contributed by atoms with Gasteiger partial charge in [0, 0.05) is 19.5 Å². The van der Waals surface area contributed by atoms with Crippen molar-refractivity contribution in [3.63, 3.8) is 0 Å². The number of rotatable bonds is 12. The molecule has 0 aliphatic heterocycles. The molecular weight excluding hydrogens is 430 g/mol. The third kappa shape index (κ3) is 6.07. The molecule has 0 saturated carbocycles. The summed E-state index contributed by atoms with van der Waals surface area (Å²) < 4.78 is 19.0. The highest BCUT2D eigenvalue weighted by molar-refractivity contribution is 5.77. The van der Waals surface area contributed by atoms with Crippen LogP contribution in [-0.2, 0) is 17.8 Å². The highest BCUT2D eigenvalue weighted by atomic mass is 16.5. The van der Waals surface area contributed by atoms with Crippen LogP contribution in [0.25, 0.3) is 11.0 Å². The molecule has 3 aromatic carbocycles. The van der Waals surface area contributed by atoms with Gasteiger partial charge in [-0.1, -0.05) is 42.5 Å². The lowest BCUT2D eigenvalue weighted by Crippen LogP contribution is -2.31. The molecule has 34 heavy (non-hydrogen) atoms. The smallest absolute Gasteiger partial charge is 0.257 e. The Hall–Kier alpha value is -4.00. The number of amides is 1. The summed E-state index contributed by atoms with van der Waals surface area (Å²) in [6.45, 7) is 1.79. The molecule has 0 saturated heterocycles. The van der Waals surface area contributed by atoms with Gasteiger partial charge >= 0.3 is 0 Å². The zero-order chi connectivity index (χ0) is 23.6. The van der Waals surface area contributed by atoms with Crippen molar-refractivity contribution < 1.29 is 19.0 Å². The number of para-hydroxylation sites is 5. The lowest BCUT2D eigenvalue weighted by molar-refractivity contribution is -0.123. The van der Waals surface area contributed by atoms with Crippen LogP contribution in [0.4, 0.5) is 0 Å². The first-order chi connectivity index (χ1) is 16.7. The second-order valence-electron chi connectivity index (χ2n) is 7.72. The summed E-state index contributed by atoms with van der Waals surface area (Å²) in [6.07, 6.45) is 1.43. The first-order valence-electron chi connectivity index (χ1n) is 11.4. The van der Waals surface area contributed by atoms with Crippen LogP contribution < -0.4 is 19.5 Å². The lowest BCUT2D eigenvalue weighted by Gasteiger charge is -2.12. The molecule has 0 fully saturated rings. The van der Waals surface area contributed by atoms with Crippen LogP contribution in [0.15, 0.2) is 78.9 Å². The lowest BCUT2D eigenvalue weighted by atomic mass is 10.3. The Bertz CT molecular complexity index is 1210. The Kier molecular flexibility index (Phi) is 8.00. The van der Waals surface area contributed by atoms with Crippen LogP contribution in [0.5, 0.6) is 17.2 Å². The van der Waals surface area contributed by atoms with E-state index in [-0.39, 0.29) is 12.5 Å². The summed E-state index contributed by atoms with van der Waals surface area (Å²) in [6, 6.07) is 25.0. The molecule has 0 aliphatic carbocycles. The summed E-state index contributed by atoms with van der Waals surface area (Å²) in [5, 5.41) is 2.92. The van der Waals surface area contributed by atoms with Crippen molar-refractivity contribution in [1.82, 2.24) is 14.9 Å². The van der Waals surface area contributed by atoms with E-state index in [1.807, 2.05) is 72.8 Å². The highest BCUT2D eigenvalue weighted by Crippen LogP contribution is 2.26. The monoisotopic (exact) mass is 459 g/mol. The summed E-state index contributed by atoms with van der Waals surface area (Å²) >= 11 is 0. The van der Waals surface area contributed by atoms with Gasteiger partial charge in [-0.05, 0) is 42.8 Å². The Balaban J connectivity index is 1.31. The number of nitrogens with one attached hydrogen (secondary N) is 1. The van der Waals surface area contributed by atoms with Gasteiger partial charge < -0.3 is 24.1 Å². The Labute approximate surface area is 199 Å². The van der Waals surface area contributed by atoms with E-state index < -0.39 is 0 Å². The third-order valence-corrected chi connectivity index (χ3v) is 5.37. The standard InChI is InChI=1S/C27H29N3O4/c1-32-24-14-7-8-15-25(24)33-19-9-18-30-23-13-6-5-12-22(23)29-26(30)16-17-28-27(31)20-34-21-10-3-2-4-11-21/h2-8,10-15H,9,16-20H2,1H3,(H,28,31). The number of hydrogen-bond acceptors (Lipinski definition) is 5. The quantitative estimate of drug-likeness (QED) is 0.321. The maximum Gasteiger partial charge on any atom is 0.257 e. The first kappa shape index (κ1) is 23.2. The van der Waals surface area contributed by atoms with Gasteiger partial charge in [0.15, 0.2) is 18.1 Å². The SMILES string of the molecule is COc1ccccc1OCCCn1c(CCNC(=O)COc2ccccc2)nc2ccccc21. The van der Waals surface area contributed by atoms with Crippen molar-refractivity contribution in [1.29, 1.82) is 0 Å². The highest BCUT2D eigenvalue weighted by Gasteiger charge is 2.11. The number of imidazole rings is 1. The fraction of sp³-hybridized carbons (Fsp3) is 0.259. The van der Waals surface area contributed by atoms with Crippen LogP contribution in [-0.4, -0.2) is 42.3 Å². The second kappa shape index (κ2) is 11.7. The molecule has 1 N–H and O–H groups in total. The van der Waals surface area contributed by atoms with Crippen LogP contribution in [0, 0.1) is 0 Å². The second-order valence-corrected chi connectivity index (χ2v) is 7.72. The number of aromatic nitrogens is 2. The van der Waals surface area contributed by atoms with Gasteiger partial charge in [-0.3, -0.25) is 4.79 Å². The molecule has 0 radical (unpaired) electrons. The van der Waals surface area contributed by atoms with Crippen molar-refractivity contribution in [3.05, 3.63) is 84.7 Å². The number of methoxy groups -OCH3 is 1. The molecule has 7 heteroatoms. The molecule has 4 aromatic rings. The summed E-state index contributed by atoms with van der Waals surface area (Å²) in [7, 11) is 1.64. The molecule has 0 atom stereocenters. The van der Waals surface area contributed by atoms with Crippen molar-refractivity contribution in [2.75, 3.05) is 26.9 Å². The predicted molar refractivity (Wildman–Crippen MR) is 131 cm³/mol. The molecule has 0 spiro atoms. The molecule has 1 heterocycles. The molecule has 176 valence electrons. The Morgan fingerprint density at radius 2 is 1.65 bits per heavy atom. The topological polar surface area (TPSA) is 74.6 Å². The zero-order valence-corrected chi connectivity index (χ0v) is 19.3. The van der Waals surface area contributed by atoms with Crippen molar-refractivity contribution in [2.24, 2.45) is 0 Å². The fourth-order valence-electron chi connectivity index (χ4n) is 3.74. The van der Waals surface area contributed by atoms with E-state index in [1.165, 1.54) is 0 Å². The van der Waals surface area contributed by atoms with Gasteiger partial charge in [-0.25, -0.2) is 4.98 Å². The molecule has 1 aromatic heterocycles. The molecule has 0 aliphatic rings. The Morgan fingerprint density at radius 1 is 0.912 bits per heavy atom. The molecule has 7 nitrogen and oxygen atoms in total. The van der Waals surface area contributed by atoms with Crippen LogP contribution in [0.1, 0.15) is 12.2 Å². The number of nitrogens with zero attached hydrogens (tertiary/aromatic N) is 2. The molecular formula is C27H29N3O4. The minimum atomic E-state index is -0.156. The van der Waals surface area contributed by atoms with E-state index >= 15 is 0 Å². The molecule has 0 unspecified atom stereocenters. The van der Waals surface area contributed by atoms with E-state index in [2.05, 4.69) is 16.0 Å². The summed E-state index contributed by atoms with van der Waals surface area (Å²) in [5.41, 5.74) is 2.02. The van der Waals surface area contributed by atoms with E-state index in [9.17, 15) is 4.79 Å². The minimum absolute atomic E-state index is 0.0132. The zero-order valence-electron chi connectivity index (χ0n) is 19.3. The summed E-state index contributed by atoms with van der Waals surface area (Å²) in [5.74, 6) is 2.92. The van der Waals surface area contributed by atoms with Gasteiger partial charge in [0.25, 0.3) is 5.91 Å². The largest absolute Gasteiger partial charge is 0.493 e. The maximum absolute atomic E-state index is 12.2. The predicted octanol–water partition coefficient (Wildman–Crippen LogP) is 4.25. The number of aryl methyl sites for hydroxylation is 1. The Morgan fingerprint density at radius 3 is 2.47 bits per heavy atom. The molecule has 0 bridgehead atoms. The third-order valence-electron chi connectivity index (χ3n) is 5.37. The van der Waals surface area contributed by atoms with Crippen LogP contribution >= 0.6 is 0 Å². The van der Waals surface area contributed by atoms with Gasteiger partial charge in [0.2, 0.25) is 0 Å². The number of carbonyl (C=O) groups is 1. The van der Waals surface area contributed by atoms with Crippen molar-refractivity contribution >= 4 is 16.9 Å². The number of ether oxygens (including phenoxy) is 3. The van der Waals surface area contributed by atoms with Crippen molar-refractivity contribution in [2.45, 2.75) is 19.4 Å². The number of benzene rings is 3. The molecule has 1 amide bonds. The van der Waals surface area contributed by atoms with Crippen LogP contribution in [0.3, 0.4) is 0 Å². The first-order valence-corrected chi connectivity index (χ1v) is 11.4. The van der Waals surface area contributed by atoms with Crippen LogP contribution in [0.2, 0.25) is 0 Å². The minimum Gasteiger partial charge on any atom is -0.493 e.